The number of benzene rings is 2. The van der Waals surface area contributed by atoms with Gasteiger partial charge >= 0.3 is 0 Å². The summed E-state index contributed by atoms with van der Waals surface area (Å²) >= 11 is 0. The van der Waals surface area contributed by atoms with Gasteiger partial charge in [0, 0.05) is 13.1 Å². The Hall–Kier alpha value is -3.28. The first-order chi connectivity index (χ1) is 15.5. The molecule has 0 N–H and O–H groups in total. The van der Waals surface area contributed by atoms with Gasteiger partial charge in [0.25, 0.3) is 11.8 Å². The van der Waals surface area contributed by atoms with Crippen LogP contribution in [0.3, 0.4) is 0 Å². The summed E-state index contributed by atoms with van der Waals surface area (Å²) in [7, 11) is 1.61. The summed E-state index contributed by atoms with van der Waals surface area (Å²) in [4.78, 5) is 30.3. The predicted molar refractivity (Wildman–Crippen MR) is 123 cm³/mol. The summed E-state index contributed by atoms with van der Waals surface area (Å²) in [5, 5.41) is 0. The van der Waals surface area contributed by atoms with Gasteiger partial charge in [-0.2, -0.15) is 0 Å². The molecule has 6 nitrogen and oxygen atoms in total. The van der Waals surface area contributed by atoms with Crippen molar-refractivity contribution in [3.63, 3.8) is 0 Å². The Kier molecular flexibility index (Phi) is 6.49. The molecule has 2 aromatic carbocycles. The van der Waals surface area contributed by atoms with Gasteiger partial charge in [-0.3, -0.25) is 14.5 Å². The minimum Gasteiger partial charge on any atom is -0.497 e. The Bertz CT molecular complexity index is 1010. The average Bonchev–Trinajstić information content (AvgIpc) is 3.05. The maximum atomic E-state index is 13.4. The molecule has 2 aromatic rings. The van der Waals surface area contributed by atoms with E-state index >= 15 is 0 Å². The van der Waals surface area contributed by atoms with E-state index in [9.17, 15) is 9.59 Å². The van der Waals surface area contributed by atoms with E-state index in [1.54, 1.807) is 7.11 Å². The number of methoxy groups -OCH3 is 1. The van der Waals surface area contributed by atoms with E-state index in [4.69, 9.17) is 9.47 Å². The third-order valence-corrected chi connectivity index (χ3v) is 6.10. The molecule has 168 valence electrons. The highest BCUT2D eigenvalue weighted by molar-refractivity contribution is 6.35. The Morgan fingerprint density at radius 2 is 1.66 bits per heavy atom. The maximum Gasteiger partial charge on any atom is 0.277 e. The lowest BCUT2D eigenvalue weighted by molar-refractivity contribution is -0.138. The van der Waals surface area contributed by atoms with Gasteiger partial charge in [-0.1, -0.05) is 36.8 Å². The molecule has 0 aromatic heterocycles. The number of carbonyl (C=O) groups excluding carboxylic acids is 2. The van der Waals surface area contributed by atoms with Gasteiger partial charge < -0.3 is 14.4 Å². The molecule has 2 heterocycles. The minimum atomic E-state index is -0.245. The first-order valence-corrected chi connectivity index (χ1v) is 11.2. The second-order valence-corrected chi connectivity index (χ2v) is 8.57. The monoisotopic (exact) mass is 434 g/mol. The van der Waals surface area contributed by atoms with Crippen LogP contribution >= 0.6 is 0 Å². The van der Waals surface area contributed by atoms with E-state index in [0.717, 1.165) is 42.8 Å². The molecule has 32 heavy (non-hydrogen) atoms. The number of amides is 2. The van der Waals surface area contributed by atoms with Crippen LogP contribution in [-0.4, -0.2) is 55.0 Å². The van der Waals surface area contributed by atoms with Crippen molar-refractivity contribution in [3.8, 4) is 11.5 Å². The van der Waals surface area contributed by atoms with E-state index in [1.165, 1.54) is 4.90 Å². The quantitative estimate of drug-likeness (QED) is 0.619. The predicted octanol–water partition coefficient (Wildman–Crippen LogP) is 3.89. The van der Waals surface area contributed by atoms with Crippen molar-refractivity contribution >= 4 is 17.4 Å². The van der Waals surface area contributed by atoms with Crippen LogP contribution < -0.4 is 9.47 Å². The van der Waals surface area contributed by atoms with Gasteiger partial charge in [0.1, 0.15) is 23.8 Å². The van der Waals surface area contributed by atoms with Crippen LogP contribution in [-0.2, 0) is 9.59 Å². The SMILES string of the molecule is COc1ccc(OCCN2C(=O)C(c3ccc(C)cc3)=C(N3CCCC(C)C3)C2=O)cc1. The largest absolute Gasteiger partial charge is 0.497 e. The van der Waals surface area contributed by atoms with Crippen LogP contribution in [0.5, 0.6) is 11.5 Å². The highest BCUT2D eigenvalue weighted by Gasteiger charge is 2.42. The molecule has 2 aliphatic heterocycles. The highest BCUT2D eigenvalue weighted by Crippen LogP contribution is 2.34. The molecule has 0 saturated carbocycles. The topological polar surface area (TPSA) is 59.1 Å². The van der Waals surface area contributed by atoms with Crippen molar-refractivity contribution in [1.82, 2.24) is 9.80 Å². The summed E-state index contributed by atoms with van der Waals surface area (Å²) in [6.45, 7) is 6.22. The van der Waals surface area contributed by atoms with Crippen LogP contribution in [0.25, 0.3) is 5.57 Å². The summed E-state index contributed by atoms with van der Waals surface area (Å²) in [5.74, 6) is 1.44. The number of nitrogens with zero attached hydrogens (tertiary/aromatic N) is 2. The number of carbonyl (C=O) groups is 2. The standard InChI is InChI=1S/C26H30N2O4/c1-18-6-8-20(9-7-18)23-24(27-14-4-5-19(2)17-27)26(30)28(25(23)29)15-16-32-22-12-10-21(31-3)11-13-22/h6-13,19H,4-5,14-17H2,1-3H3. The van der Waals surface area contributed by atoms with Gasteiger partial charge in [0.05, 0.1) is 19.2 Å². The normalized spacial score (nSPS) is 19.0. The maximum absolute atomic E-state index is 13.4. The number of aryl methyl sites for hydroxylation is 1. The zero-order chi connectivity index (χ0) is 22.7. The van der Waals surface area contributed by atoms with Gasteiger partial charge in [-0.25, -0.2) is 0 Å². The van der Waals surface area contributed by atoms with Crippen molar-refractivity contribution in [2.24, 2.45) is 5.92 Å². The van der Waals surface area contributed by atoms with E-state index in [0.29, 0.717) is 22.9 Å². The third-order valence-electron chi connectivity index (χ3n) is 6.10. The van der Waals surface area contributed by atoms with Crippen LogP contribution in [0.2, 0.25) is 0 Å². The lowest BCUT2D eigenvalue weighted by atomic mass is 9.97. The molecule has 0 spiro atoms. The molecule has 2 amide bonds. The van der Waals surface area contributed by atoms with Gasteiger partial charge in [-0.15, -0.1) is 0 Å². The number of hydrogen-bond acceptors (Lipinski definition) is 5. The molecule has 4 rings (SSSR count). The van der Waals surface area contributed by atoms with E-state index in [1.807, 2.05) is 55.5 Å². The first-order valence-electron chi connectivity index (χ1n) is 11.2. The molecule has 2 aliphatic rings. The number of imide groups is 1. The average molecular weight is 435 g/mol. The minimum absolute atomic E-state index is 0.200. The highest BCUT2D eigenvalue weighted by atomic mass is 16.5. The fourth-order valence-corrected chi connectivity index (χ4v) is 4.36. The fraction of sp³-hybridized carbons (Fsp3) is 0.385. The Labute approximate surface area is 189 Å². The number of likely N-dealkylation sites (tertiary alicyclic amines) is 1. The second-order valence-electron chi connectivity index (χ2n) is 8.57. The van der Waals surface area contributed by atoms with E-state index in [-0.39, 0.29) is 25.0 Å². The molecule has 1 unspecified atom stereocenters. The number of hydrogen-bond donors (Lipinski definition) is 0. The zero-order valence-corrected chi connectivity index (χ0v) is 19.0. The Morgan fingerprint density at radius 1 is 0.969 bits per heavy atom. The molecule has 0 radical (unpaired) electrons. The summed E-state index contributed by atoms with van der Waals surface area (Å²) in [5.41, 5.74) is 2.95. The summed E-state index contributed by atoms with van der Waals surface area (Å²) in [6, 6.07) is 15.1. The van der Waals surface area contributed by atoms with Crippen molar-refractivity contribution in [1.29, 1.82) is 0 Å². The fourth-order valence-electron chi connectivity index (χ4n) is 4.36. The first kappa shape index (κ1) is 21.9. The molecule has 0 bridgehead atoms. The summed E-state index contributed by atoms with van der Waals surface area (Å²) < 4.78 is 10.9. The molecule has 0 aliphatic carbocycles. The second kappa shape index (κ2) is 9.47. The third kappa shape index (κ3) is 4.49. The van der Waals surface area contributed by atoms with Gasteiger partial charge in [-0.05, 0) is 55.5 Å². The summed E-state index contributed by atoms with van der Waals surface area (Å²) in [6.07, 6.45) is 2.17. The molecule has 1 saturated heterocycles. The van der Waals surface area contributed by atoms with Crippen molar-refractivity contribution in [2.75, 3.05) is 33.4 Å². The Balaban J connectivity index is 1.54. The molecule has 1 atom stereocenters. The van der Waals surface area contributed by atoms with Crippen LogP contribution in [0.15, 0.2) is 54.2 Å². The van der Waals surface area contributed by atoms with Crippen LogP contribution in [0, 0.1) is 12.8 Å². The molecular formula is C26H30N2O4. The van der Waals surface area contributed by atoms with Crippen molar-refractivity contribution in [3.05, 3.63) is 65.4 Å². The van der Waals surface area contributed by atoms with Crippen LogP contribution in [0.4, 0.5) is 0 Å². The van der Waals surface area contributed by atoms with Gasteiger partial charge in [0.2, 0.25) is 0 Å². The number of ether oxygens (including phenoxy) is 2. The molecular weight excluding hydrogens is 404 g/mol. The van der Waals surface area contributed by atoms with E-state index in [2.05, 4.69) is 11.8 Å². The van der Waals surface area contributed by atoms with E-state index < -0.39 is 0 Å². The number of piperidine rings is 1. The molecule has 1 fully saturated rings. The lowest BCUT2D eigenvalue weighted by Gasteiger charge is -2.33. The zero-order valence-electron chi connectivity index (χ0n) is 19.0. The molecule has 6 heteroatoms. The van der Waals surface area contributed by atoms with Crippen molar-refractivity contribution < 1.29 is 19.1 Å². The van der Waals surface area contributed by atoms with Crippen LogP contribution in [0.1, 0.15) is 30.9 Å². The van der Waals surface area contributed by atoms with Gasteiger partial charge in [0.15, 0.2) is 0 Å². The lowest BCUT2D eigenvalue weighted by Crippen LogP contribution is -2.40. The number of rotatable bonds is 7. The van der Waals surface area contributed by atoms with Crippen molar-refractivity contribution in [2.45, 2.75) is 26.7 Å². The smallest absolute Gasteiger partial charge is 0.277 e. The Morgan fingerprint density at radius 3 is 2.31 bits per heavy atom.